The van der Waals surface area contributed by atoms with Gasteiger partial charge in [-0.3, -0.25) is 18.6 Å². The fraction of sp³-hybridized carbons (Fsp3) is 0.951. The van der Waals surface area contributed by atoms with Crippen molar-refractivity contribution in [2.75, 3.05) is 13.2 Å². The summed E-state index contributed by atoms with van der Waals surface area (Å²) in [6, 6.07) is 0. The zero-order valence-corrected chi connectivity index (χ0v) is 35.1. The standard InChI is InChI=1S/C41H79O13P/c1-3-5-7-9-11-13-15-16-17-18-19-20-22-24-26-28-30-35(43)53-33(31-51-34(42)29-27-25-23-21-14-12-10-8-6-4-2)32-52-55(49,50)54-41-39(47)37(45)36(44)38(46)40(41)48/h33,36-41,44-48H,3-32H2,1-2H3,(H,49,50)/t33-,36?,37-,38?,39?,40?,41?/m1/s1. The maximum absolute atomic E-state index is 12.8. The van der Waals surface area contributed by atoms with Crippen molar-refractivity contribution in [1.82, 2.24) is 0 Å². The van der Waals surface area contributed by atoms with Gasteiger partial charge in [0.25, 0.3) is 0 Å². The van der Waals surface area contributed by atoms with Crippen molar-refractivity contribution in [1.29, 1.82) is 0 Å². The second-order valence-electron chi connectivity index (χ2n) is 15.6. The van der Waals surface area contributed by atoms with Gasteiger partial charge in [0.05, 0.1) is 6.61 Å². The SMILES string of the molecule is CCCCCCCCCCCCCCCCCCC(=O)O[C@H](COC(=O)CCCCCCCCCCCC)COP(=O)(O)OC1C(O)C(O)C(O)[C@@H](O)C1O. The van der Waals surface area contributed by atoms with Crippen molar-refractivity contribution in [2.24, 2.45) is 0 Å². The van der Waals surface area contributed by atoms with Crippen LogP contribution in [0.15, 0.2) is 0 Å². The summed E-state index contributed by atoms with van der Waals surface area (Å²) in [4.78, 5) is 35.5. The molecule has 6 N–H and O–H groups in total. The van der Waals surface area contributed by atoms with Crippen LogP contribution in [-0.2, 0) is 32.7 Å². The minimum atomic E-state index is -5.10. The van der Waals surface area contributed by atoms with Gasteiger partial charge in [-0.05, 0) is 12.8 Å². The van der Waals surface area contributed by atoms with Gasteiger partial charge in [-0.2, -0.15) is 0 Å². The van der Waals surface area contributed by atoms with Crippen LogP contribution in [0.25, 0.3) is 0 Å². The number of hydrogen-bond donors (Lipinski definition) is 6. The van der Waals surface area contributed by atoms with E-state index in [2.05, 4.69) is 13.8 Å². The van der Waals surface area contributed by atoms with Gasteiger partial charge < -0.3 is 39.9 Å². The molecule has 0 amide bonds. The monoisotopic (exact) mass is 811 g/mol. The first-order chi connectivity index (χ1) is 26.4. The predicted molar refractivity (Wildman–Crippen MR) is 212 cm³/mol. The lowest BCUT2D eigenvalue weighted by Crippen LogP contribution is -2.64. The van der Waals surface area contributed by atoms with Crippen LogP contribution in [0, 0.1) is 0 Å². The van der Waals surface area contributed by atoms with E-state index in [4.69, 9.17) is 18.5 Å². The van der Waals surface area contributed by atoms with Gasteiger partial charge in [-0.25, -0.2) is 4.57 Å². The number of phosphoric acid groups is 1. The summed E-state index contributed by atoms with van der Waals surface area (Å²) >= 11 is 0. The number of hydrogen-bond acceptors (Lipinski definition) is 12. The van der Waals surface area contributed by atoms with Crippen LogP contribution < -0.4 is 0 Å². The van der Waals surface area contributed by atoms with Crippen LogP contribution >= 0.6 is 7.82 Å². The molecule has 326 valence electrons. The largest absolute Gasteiger partial charge is 0.472 e. The van der Waals surface area contributed by atoms with Crippen LogP contribution in [0.5, 0.6) is 0 Å². The van der Waals surface area contributed by atoms with Crippen molar-refractivity contribution in [3.63, 3.8) is 0 Å². The number of aliphatic hydroxyl groups is 5. The molecule has 13 nitrogen and oxygen atoms in total. The number of phosphoric ester groups is 1. The Kier molecular flexibility index (Phi) is 30.9. The van der Waals surface area contributed by atoms with Crippen molar-refractivity contribution < 1.29 is 63.1 Å². The number of rotatable bonds is 36. The highest BCUT2D eigenvalue weighted by Crippen LogP contribution is 2.47. The highest BCUT2D eigenvalue weighted by molar-refractivity contribution is 7.47. The highest BCUT2D eigenvalue weighted by atomic mass is 31.2. The van der Waals surface area contributed by atoms with E-state index in [1.165, 1.54) is 116 Å². The third-order valence-corrected chi connectivity index (χ3v) is 11.4. The number of ether oxygens (including phenoxy) is 2. The third-order valence-electron chi connectivity index (χ3n) is 10.4. The summed E-state index contributed by atoms with van der Waals surface area (Å²) in [5.41, 5.74) is 0. The van der Waals surface area contributed by atoms with E-state index >= 15 is 0 Å². The van der Waals surface area contributed by atoms with Crippen LogP contribution in [0.1, 0.15) is 194 Å². The number of esters is 2. The number of carbonyl (C=O) groups is 2. The second-order valence-corrected chi connectivity index (χ2v) is 17.0. The topological polar surface area (TPSA) is 210 Å². The van der Waals surface area contributed by atoms with Crippen LogP contribution in [0.4, 0.5) is 0 Å². The van der Waals surface area contributed by atoms with Gasteiger partial charge in [0.15, 0.2) is 6.10 Å². The van der Waals surface area contributed by atoms with Crippen molar-refractivity contribution in [3.8, 4) is 0 Å². The molecular weight excluding hydrogens is 731 g/mol. The molecule has 0 aromatic heterocycles. The molecule has 0 aliphatic heterocycles. The quantitative estimate of drug-likeness (QED) is 0.0204. The Morgan fingerprint density at radius 3 is 1.20 bits per heavy atom. The number of aliphatic hydroxyl groups excluding tert-OH is 5. The van der Waals surface area contributed by atoms with Crippen molar-refractivity contribution in [2.45, 2.75) is 236 Å². The molecule has 0 saturated heterocycles. The van der Waals surface area contributed by atoms with Crippen molar-refractivity contribution >= 4 is 19.8 Å². The molecule has 0 aromatic carbocycles. The average molecular weight is 811 g/mol. The number of carbonyl (C=O) groups excluding carboxylic acids is 2. The molecule has 0 spiro atoms. The molecular formula is C41H79O13P. The van der Waals surface area contributed by atoms with E-state index in [1.807, 2.05) is 0 Å². The van der Waals surface area contributed by atoms with Crippen molar-refractivity contribution in [3.05, 3.63) is 0 Å². The first-order valence-electron chi connectivity index (χ1n) is 21.8. The maximum Gasteiger partial charge on any atom is 0.472 e. The molecule has 1 aliphatic carbocycles. The molecule has 55 heavy (non-hydrogen) atoms. The first-order valence-corrected chi connectivity index (χ1v) is 23.3. The highest BCUT2D eigenvalue weighted by Gasteiger charge is 2.51. The minimum Gasteiger partial charge on any atom is -0.462 e. The molecule has 0 heterocycles. The summed E-state index contributed by atoms with van der Waals surface area (Å²) in [7, 11) is -5.10. The van der Waals surface area contributed by atoms with Gasteiger partial charge >= 0.3 is 19.8 Å². The Labute approximate surface area is 331 Å². The number of unbranched alkanes of at least 4 members (excludes halogenated alkanes) is 24. The summed E-state index contributed by atoms with van der Waals surface area (Å²) in [6.07, 6.45) is 17.4. The van der Waals surface area contributed by atoms with Crippen LogP contribution in [-0.4, -0.2) is 98.3 Å². The Balaban J connectivity index is 2.46. The van der Waals surface area contributed by atoms with Crippen LogP contribution in [0.2, 0.25) is 0 Å². The average Bonchev–Trinajstić information content (AvgIpc) is 3.16. The molecule has 1 saturated carbocycles. The second kappa shape index (κ2) is 32.8. The fourth-order valence-corrected chi connectivity index (χ4v) is 7.85. The van der Waals surface area contributed by atoms with E-state index in [1.54, 1.807) is 0 Å². The molecule has 0 radical (unpaired) electrons. The lowest BCUT2D eigenvalue weighted by molar-refractivity contribution is -0.220. The van der Waals surface area contributed by atoms with Crippen LogP contribution in [0.3, 0.4) is 0 Å². The molecule has 1 rings (SSSR count). The van der Waals surface area contributed by atoms with Gasteiger partial charge in [-0.15, -0.1) is 0 Å². The Morgan fingerprint density at radius 1 is 0.491 bits per heavy atom. The lowest BCUT2D eigenvalue weighted by atomic mass is 9.85. The van der Waals surface area contributed by atoms with E-state index in [0.29, 0.717) is 12.8 Å². The molecule has 6 unspecified atom stereocenters. The van der Waals surface area contributed by atoms with Gasteiger partial charge in [0.1, 0.15) is 43.2 Å². The van der Waals surface area contributed by atoms with Gasteiger partial charge in [0, 0.05) is 12.8 Å². The van der Waals surface area contributed by atoms with E-state index < -0.39 is 75.7 Å². The molecule has 8 atom stereocenters. The van der Waals surface area contributed by atoms with E-state index in [0.717, 1.165) is 38.5 Å². The Hall–Kier alpha value is -1.15. The lowest BCUT2D eigenvalue weighted by Gasteiger charge is -2.41. The summed E-state index contributed by atoms with van der Waals surface area (Å²) in [5, 5.41) is 50.0. The summed E-state index contributed by atoms with van der Waals surface area (Å²) < 4.78 is 33.4. The Morgan fingerprint density at radius 2 is 0.818 bits per heavy atom. The zero-order valence-electron chi connectivity index (χ0n) is 34.2. The fourth-order valence-electron chi connectivity index (χ4n) is 6.88. The third kappa shape index (κ3) is 25.7. The molecule has 1 fully saturated rings. The smallest absolute Gasteiger partial charge is 0.462 e. The van der Waals surface area contributed by atoms with Gasteiger partial charge in [-0.1, -0.05) is 168 Å². The normalized spacial score (nSPS) is 23.0. The van der Waals surface area contributed by atoms with Gasteiger partial charge in [0.2, 0.25) is 0 Å². The molecule has 0 bridgehead atoms. The zero-order chi connectivity index (χ0) is 40.7. The molecule has 0 aromatic rings. The Bertz CT molecular complexity index is 985. The van der Waals surface area contributed by atoms with E-state index in [-0.39, 0.29) is 12.8 Å². The molecule has 14 heteroatoms. The minimum absolute atomic E-state index is 0.105. The molecule has 1 aliphatic rings. The van der Waals surface area contributed by atoms with E-state index in [9.17, 15) is 44.6 Å². The summed E-state index contributed by atoms with van der Waals surface area (Å²) in [5.74, 6) is -1.09. The maximum atomic E-state index is 12.8. The predicted octanol–water partition coefficient (Wildman–Crippen LogP) is 7.72. The summed E-state index contributed by atoms with van der Waals surface area (Å²) in [6.45, 7) is 3.28. The first kappa shape index (κ1) is 51.9.